The molecule has 1 aliphatic carbocycles. The van der Waals surface area contributed by atoms with Gasteiger partial charge in [0.15, 0.2) is 0 Å². The number of nitrogens with zero attached hydrogens (tertiary/aromatic N) is 1. The van der Waals surface area contributed by atoms with E-state index < -0.39 is 5.54 Å². The van der Waals surface area contributed by atoms with Crippen molar-refractivity contribution in [1.82, 2.24) is 5.32 Å². The van der Waals surface area contributed by atoms with Crippen LogP contribution in [0.4, 0.5) is 5.69 Å². The van der Waals surface area contributed by atoms with Gasteiger partial charge in [-0.15, -0.1) is 0 Å². The van der Waals surface area contributed by atoms with Crippen LogP contribution in [-0.4, -0.2) is 30.5 Å². The van der Waals surface area contributed by atoms with Crippen LogP contribution in [0.25, 0.3) is 0 Å². The van der Waals surface area contributed by atoms with Gasteiger partial charge in [0.1, 0.15) is 17.8 Å². The molecule has 2 fully saturated rings. The molecule has 1 spiro atoms. The number of amides is 2. The summed E-state index contributed by atoms with van der Waals surface area (Å²) in [5, 5.41) is 2.92. The summed E-state index contributed by atoms with van der Waals surface area (Å²) >= 11 is 0. The van der Waals surface area contributed by atoms with Gasteiger partial charge in [-0.05, 0) is 31.9 Å². The number of ether oxygens (including phenoxy) is 1. The molecular formula is C16H20N2O3. The highest BCUT2D eigenvalue weighted by Crippen LogP contribution is 2.35. The van der Waals surface area contributed by atoms with E-state index in [-0.39, 0.29) is 18.4 Å². The predicted molar refractivity (Wildman–Crippen MR) is 79.3 cm³/mol. The summed E-state index contributed by atoms with van der Waals surface area (Å²) in [5.74, 6) is 0.640. The number of nitrogens with one attached hydrogen (secondary N) is 1. The van der Waals surface area contributed by atoms with Gasteiger partial charge in [0.2, 0.25) is 5.91 Å². The Morgan fingerprint density at radius 2 is 2.05 bits per heavy atom. The molecule has 112 valence electrons. The van der Waals surface area contributed by atoms with E-state index in [1.54, 1.807) is 4.90 Å². The molecule has 0 bridgehead atoms. The number of rotatable bonds is 3. The molecule has 1 aromatic rings. The molecule has 1 aromatic carbocycles. The minimum atomic E-state index is -0.684. The summed E-state index contributed by atoms with van der Waals surface area (Å²) in [6, 6.07) is 7.37. The van der Waals surface area contributed by atoms with Gasteiger partial charge in [0.05, 0.1) is 6.61 Å². The second kappa shape index (κ2) is 5.39. The number of hydrogen-bond acceptors (Lipinski definition) is 3. The summed E-state index contributed by atoms with van der Waals surface area (Å²) in [6.07, 6.45) is 3.44. The van der Waals surface area contributed by atoms with E-state index >= 15 is 0 Å². The van der Waals surface area contributed by atoms with Crippen molar-refractivity contribution in [1.29, 1.82) is 0 Å². The SMILES string of the molecule is CCOc1cccc(N2CC(=O)NC3(CCCC3)C2=O)c1. The van der Waals surface area contributed by atoms with E-state index in [2.05, 4.69) is 5.32 Å². The van der Waals surface area contributed by atoms with Gasteiger partial charge in [-0.3, -0.25) is 9.59 Å². The molecule has 1 heterocycles. The second-order valence-electron chi connectivity index (χ2n) is 5.66. The first-order valence-electron chi connectivity index (χ1n) is 7.50. The Morgan fingerprint density at radius 1 is 1.29 bits per heavy atom. The molecule has 1 saturated carbocycles. The fourth-order valence-electron chi connectivity index (χ4n) is 3.27. The largest absolute Gasteiger partial charge is 0.494 e. The summed E-state index contributed by atoms with van der Waals surface area (Å²) in [7, 11) is 0. The van der Waals surface area contributed by atoms with Crippen LogP contribution < -0.4 is 15.0 Å². The maximum atomic E-state index is 12.8. The monoisotopic (exact) mass is 288 g/mol. The average molecular weight is 288 g/mol. The second-order valence-corrected chi connectivity index (χ2v) is 5.66. The fourth-order valence-corrected chi connectivity index (χ4v) is 3.27. The lowest BCUT2D eigenvalue weighted by Gasteiger charge is -2.39. The minimum Gasteiger partial charge on any atom is -0.494 e. The Hall–Kier alpha value is -2.04. The fraction of sp³-hybridized carbons (Fsp3) is 0.500. The zero-order chi connectivity index (χ0) is 14.9. The molecule has 3 rings (SSSR count). The number of carbonyl (C=O) groups excluding carboxylic acids is 2. The molecule has 1 saturated heterocycles. The highest BCUT2D eigenvalue weighted by atomic mass is 16.5. The van der Waals surface area contributed by atoms with E-state index in [4.69, 9.17) is 4.74 Å². The molecule has 1 N–H and O–H groups in total. The molecular weight excluding hydrogens is 268 g/mol. The van der Waals surface area contributed by atoms with E-state index in [9.17, 15) is 9.59 Å². The number of carbonyl (C=O) groups is 2. The van der Waals surface area contributed by atoms with E-state index in [0.29, 0.717) is 12.4 Å². The maximum absolute atomic E-state index is 12.8. The summed E-state index contributed by atoms with van der Waals surface area (Å²) in [6.45, 7) is 2.57. The van der Waals surface area contributed by atoms with Gasteiger partial charge in [0.25, 0.3) is 5.91 Å². The van der Waals surface area contributed by atoms with Gasteiger partial charge in [0, 0.05) is 11.8 Å². The third-order valence-electron chi connectivity index (χ3n) is 4.23. The normalized spacial score (nSPS) is 20.7. The summed E-state index contributed by atoms with van der Waals surface area (Å²) in [5.41, 5.74) is 0.0452. The van der Waals surface area contributed by atoms with Crippen molar-refractivity contribution in [2.75, 3.05) is 18.1 Å². The van der Waals surface area contributed by atoms with Crippen LogP contribution in [0.5, 0.6) is 5.75 Å². The molecule has 5 heteroatoms. The van der Waals surface area contributed by atoms with Crippen molar-refractivity contribution in [3.05, 3.63) is 24.3 Å². The van der Waals surface area contributed by atoms with Gasteiger partial charge in [-0.25, -0.2) is 0 Å². The van der Waals surface area contributed by atoms with Crippen molar-refractivity contribution in [2.45, 2.75) is 38.1 Å². The summed E-state index contributed by atoms with van der Waals surface area (Å²) in [4.78, 5) is 26.5. The smallest absolute Gasteiger partial charge is 0.253 e. The van der Waals surface area contributed by atoms with Crippen LogP contribution in [0.2, 0.25) is 0 Å². The molecule has 0 atom stereocenters. The average Bonchev–Trinajstić information content (AvgIpc) is 2.93. The topological polar surface area (TPSA) is 58.6 Å². The molecule has 0 unspecified atom stereocenters. The van der Waals surface area contributed by atoms with Crippen LogP contribution in [0.1, 0.15) is 32.6 Å². The van der Waals surface area contributed by atoms with Crippen molar-refractivity contribution < 1.29 is 14.3 Å². The minimum absolute atomic E-state index is 0.00764. The molecule has 1 aliphatic heterocycles. The number of anilines is 1. The van der Waals surface area contributed by atoms with Crippen LogP contribution >= 0.6 is 0 Å². The Balaban J connectivity index is 1.91. The zero-order valence-corrected chi connectivity index (χ0v) is 12.2. The van der Waals surface area contributed by atoms with Gasteiger partial charge in [-0.1, -0.05) is 18.9 Å². The van der Waals surface area contributed by atoms with Crippen LogP contribution in [0.15, 0.2) is 24.3 Å². The third kappa shape index (κ3) is 2.48. The first kappa shape index (κ1) is 13.9. The van der Waals surface area contributed by atoms with Crippen molar-refractivity contribution in [3.8, 4) is 5.75 Å². The zero-order valence-electron chi connectivity index (χ0n) is 12.2. The Kier molecular flexibility index (Phi) is 3.57. The number of hydrogen-bond donors (Lipinski definition) is 1. The Morgan fingerprint density at radius 3 is 2.76 bits per heavy atom. The molecule has 0 aromatic heterocycles. The summed E-state index contributed by atoms with van der Waals surface area (Å²) < 4.78 is 5.48. The molecule has 2 amide bonds. The lowest BCUT2D eigenvalue weighted by Crippen LogP contribution is -2.65. The highest BCUT2D eigenvalue weighted by Gasteiger charge is 2.48. The molecule has 0 radical (unpaired) electrons. The van der Waals surface area contributed by atoms with E-state index in [0.717, 1.165) is 31.4 Å². The first-order valence-corrected chi connectivity index (χ1v) is 7.50. The molecule has 2 aliphatic rings. The van der Waals surface area contributed by atoms with Crippen LogP contribution in [-0.2, 0) is 9.59 Å². The van der Waals surface area contributed by atoms with Gasteiger partial charge < -0.3 is 15.0 Å². The third-order valence-corrected chi connectivity index (χ3v) is 4.23. The quantitative estimate of drug-likeness (QED) is 0.923. The highest BCUT2D eigenvalue weighted by molar-refractivity contribution is 6.09. The van der Waals surface area contributed by atoms with Crippen molar-refractivity contribution in [3.63, 3.8) is 0 Å². The van der Waals surface area contributed by atoms with Crippen LogP contribution in [0, 0.1) is 0 Å². The molecule has 21 heavy (non-hydrogen) atoms. The van der Waals surface area contributed by atoms with Crippen molar-refractivity contribution in [2.24, 2.45) is 0 Å². The lowest BCUT2D eigenvalue weighted by molar-refractivity contribution is -0.135. The van der Waals surface area contributed by atoms with E-state index in [1.165, 1.54) is 0 Å². The predicted octanol–water partition coefficient (Wildman–Crippen LogP) is 1.86. The van der Waals surface area contributed by atoms with Gasteiger partial charge in [-0.2, -0.15) is 0 Å². The van der Waals surface area contributed by atoms with Crippen LogP contribution in [0.3, 0.4) is 0 Å². The maximum Gasteiger partial charge on any atom is 0.253 e. The number of piperazine rings is 1. The Labute approximate surface area is 124 Å². The first-order chi connectivity index (χ1) is 10.1. The van der Waals surface area contributed by atoms with E-state index in [1.807, 2.05) is 31.2 Å². The molecule has 5 nitrogen and oxygen atoms in total. The lowest BCUT2D eigenvalue weighted by atomic mass is 9.92. The Bertz CT molecular complexity index is 564. The standard InChI is InChI=1S/C16H20N2O3/c1-2-21-13-7-5-6-12(10-13)18-11-14(19)17-16(15(18)20)8-3-4-9-16/h5-7,10H,2-4,8-9,11H2,1H3,(H,17,19). The van der Waals surface area contributed by atoms with Gasteiger partial charge >= 0.3 is 0 Å². The van der Waals surface area contributed by atoms with Crippen molar-refractivity contribution >= 4 is 17.5 Å². The number of benzene rings is 1.